The van der Waals surface area contributed by atoms with Crippen molar-refractivity contribution in [2.24, 2.45) is 0 Å². The average molecular weight is 563 g/mol. The number of sulfonamides is 1. The van der Waals surface area contributed by atoms with Crippen LogP contribution in [0.15, 0.2) is 36.4 Å². The summed E-state index contributed by atoms with van der Waals surface area (Å²) in [7, 11) is -3.95. The highest BCUT2D eigenvalue weighted by atomic mass is 35.5. The number of nitrogens with one attached hydrogen (secondary N) is 1. The molecule has 0 radical (unpaired) electrons. The zero-order valence-corrected chi connectivity index (χ0v) is 23.6. The highest BCUT2D eigenvalue weighted by Crippen LogP contribution is 2.35. The van der Waals surface area contributed by atoms with E-state index in [4.69, 9.17) is 34.8 Å². The van der Waals surface area contributed by atoms with Crippen molar-refractivity contribution in [3.8, 4) is 0 Å². The predicted octanol–water partition coefficient (Wildman–Crippen LogP) is 5.05. The van der Waals surface area contributed by atoms with Crippen LogP contribution in [0, 0.1) is 6.92 Å². The van der Waals surface area contributed by atoms with Gasteiger partial charge in [0.05, 0.1) is 27.0 Å². The molecule has 7 nitrogen and oxygen atoms in total. The first-order valence-electron chi connectivity index (χ1n) is 10.8. The number of hydrogen-bond acceptors (Lipinski definition) is 4. The van der Waals surface area contributed by atoms with Crippen molar-refractivity contribution in [2.45, 2.75) is 52.7 Å². The minimum atomic E-state index is -3.95. The van der Waals surface area contributed by atoms with Gasteiger partial charge in [-0.3, -0.25) is 13.9 Å². The number of carbonyl (C=O) groups is 2. The number of hydrogen-bond donors (Lipinski definition) is 1. The summed E-state index contributed by atoms with van der Waals surface area (Å²) in [5.74, 6) is -0.951. The molecule has 1 N–H and O–H groups in total. The number of anilines is 1. The van der Waals surface area contributed by atoms with Gasteiger partial charge >= 0.3 is 0 Å². The molecule has 0 fully saturated rings. The van der Waals surface area contributed by atoms with Gasteiger partial charge < -0.3 is 10.2 Å². The van der Waals surface area contributed by atoms with E-state index in [1.807, 2.05) is 52.0 Å². The minimum absolute atomic E-state index is 0.0132. The van der Waals surface area contributed by atoms with Gasteiger partial charge in [-0.15, -0.1) is 0 Å². The minimum Gasteiger partial charge on any atom is -0.350 e. The third kappa shape index (κ3) is 8.27. The van der Waals surface area contributed by atoms with Crippen LogP contribution in [0.1, 0.15) is 38.8 Å². The molecule has 0 aliphatic carbocycles. The van der Waals surface area contributed by atoms with Gasteiger partial charge in [0.15, 0.2) is 0 Å². The van der Waals surface area contributed by atoms with Crippen LogP contribution in [0.5, 0.6) is 0 Å². The molecule has 0 aromatic heterocycles. The van der Waals surface area contributed by atoms with E-state index < -0.39 is 34.1 Å². The fourth-order valence-corrected chi connectivity index (χ4v) is 4.91. The molecule has 2 aromatic rings. The van der Waals surface area contributed by atoms with E-state index in [2.05, 4.69) is 5.32 Å². The molecule has 35 heavy (non-hydrogen) atoms. The molecular formula is C24H30Cl3N3O4S. The van der Waals surface area contributed by atoms with E-state index in [1.54, 1.807) is 6.92 Å². The van der Waals surface area contributed by atoms with Crippen LogP contribution in [0.4, 0.5) is 5.69 Å². The first-order chi connectivity index (χ1) is 16.0. The van der Waals surface area contributed by atoms with E-state index in [-0.39, 0.29) is 33.2 Å². The molecule has 11 heteroatoms. The number of benzene rings is 2. The molecule has 0 aliphatic heterocycles. The second kappa shape index (κ2) is 11.4. The van der Waals surface area contributed by atoms with Crippen LogP contribution < -0.4 is 9.62 Å². The molecule has 2 rings (SSSR count). The van der Waals surface area contributed by atoms with Gasteiger partial charge in [-0.25, -0.2) is 8.42 Å². The maximum Gasteiger partial charge on any atom is 0.244 e. The van der Waals surface area contributed by atoms with Gasteiger partial charge in [-0.1, -0.05) is 64.6 Å². The summed E-state index contributed by atoms with van der Waals surface area (Å²) in [6, 6.07) is 9.24. The van der Waals surface area contributed by atoms with Gasteiger partial charge in [0.1, 0.15) is 12.6 Å². The fourth-order valence-electron chi connectivity index (χ4n) is 3.36. The number of amides is 2. The summed E-state index contributed by atoms with van der Waals surface area (Å²) in [6.07, 6.45) is 0.958. The first-order valence-corrected chi connectivity index (χ1v) is 13.8. The molecule has 0 aliphatic rings. The summed E-state index contributed by atoms with van der Waals surface area (Å²) < 4.78 is 26.2. The normalized spacial score (nSPS) is 12.7. The largest absolute Gasteiger partial charge is 0.350 e. The zero-order valence-electron chi connectivity index (χ0n) is 20.5. The molecule has 0 heterocycles. The Morgan fingerprint density at radius 2 is 1.63 bits per heavy atom. The third-order valence-electron chi connectivity index (χ3n) is 5.04. The molecule has 2 amide bonds. The zero-order chi connectivity index (χ0) is 26.7. The monoisotopic (exact) mass is 561 g/mol. The number of carbonyl (C=O) groups excluding carboxylic acids is 2. The lowest BCUT2D eigenvalue weighted by atomic mass is 10.1. The van der Waals surface area contributed by atoms with E-state index in [1.165, 1.54) is 17.0 Å². The smallest absolute Gasteiger partial charge is 0.244 e. The quantitative estimate of drug-likeness (QED) is 0.456. The van der Waals surface area contributed by atoms with Crippen molar-refractivity contribution in [3.05, 3.63) is 62.6 Å². The molecule has 0 saturated carbocycles. The Labute approximate surface area is 222 Å². The molecule has 0 unspecified atom stereocenters. The van der Waals surface area contributed by atoms with Crippen LogP contribution in [0.25, 0.3) is 0 Å². The van der Waals surface area contributed by atoms with E-state index >= 15 is 0 Å². The summed E-state index contributed by atoms with van der Waals surface area (Å²) in [6.45, 7) is 8.54. The van der Waals surface area contributed by atoms with Gasteiger partial charge in [0.2, 0.25) is 21.8 Å². The second-order valence-electron chi connectivity index (χ2n) is 9.41. The maximum atomic E-state index is 13.6. The van der Waals surface area contributed by atoms with E-state index in [9.17, 15) is 18.0 Å². The van der Waals surface area contributed by atoms with Crippen LogP contribution in [0.2, 0.25) is 15.1 Å². The highest BCUT2D eigenvalue weighted by Gasteiger charge is 2.32. The summed E-state index contributed by atoms with van der Waals surface area (Å²) in [4.78, 5) is 27.9. The van der Waals surface area contributed by atoms with Crippen molar-refractivity contribution in [1.82, 2.24) is 10.2 Å². The van der Waals surface area contributed by atoms with E-state index in [0.717, 1.165) is 21.7 Å². The SMILES string of the molecule is Cc1cccc(CN(C(=O)CN(c2cc(Cl)c(Cl)cc2Cl)S(C)(=O)=O)[C@@H](C)C(=O)NC(C)(C)C)c1. The standard InChI is InChI=1S/C24H30Cl3N3O4S/c1-15-8-7-9-17(10-15)13-29(16(2)23(32)28-24(3,4)5)22(31)14-30(35(6,33)34)21-12-19(26)18(25)11-20(21)27/h7-12,16H,13-14H2,1-6H3,(H,28,32)/t16-/m0/s1. The topological polar surface area (TPSA) is 86.8 Å². The average Bonchev–Trinajstić information content (AvgIpc) is 2.70. The molecule has 2 aromatic carbocycles. The summed E-state index contributed by atoms with van der Waals surface area (Å²) in [5.41, 5.74) is 1.28. The molecule has 192 valence electrons. The van der Waals surface area contributed by atoms with Gasteiger partial charge in [-0.2, -0.15) is 0 Å². The number of nitrogens with zero attached hydrogens (tertiary/aromatic N) is 2. The highest BCUT2D eigenvalue weighted by molar-refractivity contribution is 7.92. The Bertz CT molecular complexity index is 1210. The lowest BCUT2D eigenvalue weighted by molar-refractivity contribution is -0.140. The van der Waals surface area contributed by atoms with Crippen LogP contribution in [0.3, 0.4) is 0 Å². The molecule has 0 bridgehead atoms. The number of aryl methyl sites for hydroxylation is 1. The van der Waals surface area contributed by atoms with Crippen LogP contribution in [-0.4, -0.2) is 49.5 Å². The van der Waals surface area contributed by atoms with Crippen molar-refractivity contribution in [1.29, 1.82) is 0 Å². The van der Waals surface area contributed by atoms with E-state index in [0.29, 0.717) is 0 Å². The Hall–Kier alpha value is -2.00. The summed E-state index contributed by atoms with van der Waals surface area (Å²) in [5, 5.41) is 3.12. The number of rotatable bonds is 8. The first kappa shape index (κ1) is 29.2. The Balaban J connectivity index is 2.48. The molecule has 1 atom stereocenters. The van der Waals surface area contributed by atoms with Crippen LogP contribution in [-0.2, 0) is 26.2 Å². The fraction of sp³-hybridized carbons (Fsp3) is 0.417. The maximum absolute atomic E-state index is 13.6. The third-order valence-corrected chi connectivity index (χ3v) is 7.19. The van der Waals surface area contributed by atoms with Gasteiger partial charge in [0, 0.05) is 12.1 Å². The number of halogens is 3. The lowest BCUT2D eigenvalue weighted by Crippen LogP contribution is -2.54. The van der Waals surface area contributed by atoms with Crippen molar-refractivity contribution >= 4 is 62.3 Å². The Kier molecular flexibility index (Phi) is 9.50. The predicted molar refractivity (Wildman–Crippen MR) is 143 cm³/mol. The lowest BCUT2D eigenvalue weighted by Gasteiger charge is -2.33. The molecule has 0 spiro atoms. The van der Waals surface area contributed by atoms with Crippen molar-refractivity contribution in [2.75, 3.05) is 17.1 Å². The Morgan fingerprint density at radius 1 is 1.03 bits per heavy atom. The van der Waals surface area contributed by atoms with Gasteiger partial charge in [0.25, 0.3) is 0 Å². The second-order valence-corrected chi connectivity index (χ2v) is 12.5. The van der Waals surface area contributed by atoms with Crippen molar-refractivity contribution < 1.29 is 18.0 Å². The van der Waals surface area contributed by atoms with Crippen molar-refractivity contribution in [3.63, 3.8) is 0 Å². The Morgan fingerprint density at radius 3 is 2.17 bits per heavy atom. The van der Waals surface area contributed by atoms with Gasteiger partial charge in [-0.05, 0) is 52.3 Å². The molecule has 0 saturated heterocycles. The molecular weight excluding hydrogens is 533 g/mol. The summed E-state index contributed by atoms with van der Waals surface area (Å²) >= 11 is 18.3. The van der Waals surface area contributed by atoms with Crippen LogP contribution >= 0.6 is 34.8 Å².